The van der Waals surface area contributed by atoms with Crippen molar-refractivity contribution in [2.75, 3.05) is 90.6 Å². The van der Waals surface area contributed by atoms with Crippen LogP contribution in [0, 0.1) is 11.8 Å². The normalized spacial score (nSPS) is 12.5. The number of nitrogens with two attached hydrogens (primary N) is 1. The third kappa shape index (κ3) is 50.7. The average molecular weight is 1120 g/mol. The van der Waals surface area contributed by atoms with Gasteiger partial charge < -0.3 is 66.4 Å². The number of rotatable bonds is 53. The molecule has 23 nitrogen and oxygen atoms in total. The first-order valence-corrected chi connectivity index (χ1v) is 28.6. The van der Waals surface area contributed by atoms with Gasteiger partial charge in [0, 0.05) is 70.0 Å². The van der Waals surface area contributed by atoms with Crippen LogP contribution in [0.4, 0.5) is 0 Å². The number of hydrogen-bond acceptors (Lipinski definition) is 17. The Morgan fingerprint density at radius 2 is 1.00 bits per heavy atom. The maximum absolute atomic E-state index is 12.4. The van der Waals surface area contributed by atoms with Gasteiger partial charge in [-0.1, -0.05) is 84.0 Å². The average Bonchev–Trinajstić information content (AvgIpc) is 3.38. The molecule has 0 unspecified atom stereocenters. The summed E-state index contributed by atoms with van der Waals surface area (Å²) in [5.41, 5.74) is 5.09. The zero-order valence-corrected chi connectivity index (χ0v) is 47.1. The number of ketones is 3. The third-order valence-corrected chi connectivity index (χ3v) is 12.9. The van der Waals surface area contributed by atoms with Gasteiger partial charge in [0.15, 0.2) is 0 Å². The number of hydrogen-bond donors (Lipinski definition) is 9. The molecule has 0 aliphatic heterocycles. The molecule has 0 saturated heterocycles. The molecular weight excluding hydrogens is 1030 g/mol. The highest BCUT2D eigenvalue weighted by molar-refractivity contribution is 7.99. The van der Waals surface area contributed by atoms with Gasteiger partial charge in [-0.2, -0.15) is 11.8 Å². The van der Waals surface area contributed by atoms with Gasteiger partial charge >= 0.3 is 17.9 Å². The first-order valence-electron chi connectivity index (χ1n) is 27.4. The molecule has 0 bridgehead atoms. The van der Waals surface area contributed by atoms with Gasteiger partial charge in [0.25, 0.3) is 0 Å². The fourth-order valence-corrected chi connectivity index (χ4v) is 8.08. The standard InChI is InChI=1S/C49H86N4O17S.C4H9NO/c1-2-38(42(56)32-39(33-54)48(63)64)36-71-37-46(60)51-24-23-50-44(58)34-70-31-29-68-27-25-52-45(59)35-69-30-28-67-26-17-18-40(55)21-22-41(49(65)66)53-43(57)19-15-13-11-9-7-5-3-4-6-8-10-12-14-16-20-47(61)62;1-3(5)4(2)6/h38-39,41,54H,2-37H2,1H3,(H,50,58)(H,51,60)(H,52,59)(H,53,57)(H,61,62)(H,63,64)(H,65,66);3H,5H2,1-2H3/t38-,39-,41-;3-/m00/s1. The third-order valence-electron chi connectivity index (χ3n) is 11.8. The van der Waals surface area contributed by atoms with Crippen molar-refractivity contribution in [2.45, 2.75) is 174 Å². The lowest BCUT2D eigenvalue weighted by atomic mass is 9.94. The molecule has 0 aromatic heterocycles. The molecule has 446 valence electrons. The molecule has 0 aromatic carbocycles. The van der Waals surface area contributed by atoms with Crippen LogP contribution in [-0.4, -0.2) is 182 Å². The first kappa shape index (κ1) is 74.5. The van der Waals surface area contributed by atoms with Gasteiger partial charge in [-0.25, -0.2) is 4.79 Å². The van der Waals surface area contributed by atoms with E-state index < -0.39 is 42.4 Å². The number of nitrogens with one attached hydrogen (secondary N) is 4. The minimum atomic E-state index is -1.23. The van der Waals surface area contributed by atoms with Crippen LogP contribution in [0.3, 0.4) is 0 Å². The van der Waals surface area contributed by atoms with Gasteiger partial charge in [0.1, 0.15) is 36.6 Å². The van der Waals surface area contributed by atoms with Crippen LogP contribution in [0.25, 0.3) is 0 Å². The number of Topliss-reactive ketones (excluding diaryl/α,β-unsaturated/α-hetero) is 3. The van der Waals surface area contributed by atoms with Gasteiger partial charge in [0.05, 0.1) is 57.4 Å². The lowest BCUT2D eigenvalue weighted by Gasteiger charge is -2.15. The van der Waals surface area contributed by atoms with Crippen molar-refractivity contribution >= 4 is 70.6 Å². The molecule has 4 amide bonds. The molecule has 77 heavy (non-hydrogen) atoms. The molecule has 4 atom stereocenters. The minimum Gasteiger partial charge on any atom is -0.481 e. The number of aliphatic hydroxyl groups excluding tert-OH is 1. The molecular formula is C53H95N5O18S. The summed E-state index contributed by atoms with van der Waals surface area (Å²) in [5.74, 6) is -5.91. The van der Waals surface area contributed by atoms with Crippen LogP contribution in [0.5, 0.6) is 0 Å². The quantitative estimate of drug-likeness (QED) is 0.0391. The predicted molar refractivity (Wildman–Crippen MR) is 290 cm³/mol. The molecule has 0 fully saturated rings. The van der Waals surface area contributed by atoms with E-state index in [1.54, 1.807) is 13.8 Å². The SMILES string of the molecule is CC(=O)[C@H](C)N.CC[C@@H](CSCC(=O)NCCNC(=O)COCCOCCNC(=O)COCCOCCCC(=O)CC[C@H](NC(=O)CCCCCCCCCCCCCCCCC(=O)O)C(=O)O)C(=O)C[C@@H](CO)C(=O)O. The summed E-state index contributed by atoms with van der Waals surface area (Å²) in [5, 5.41) is 46.9. The highest BCUT2D eigenvalue weighted by atomic mass is 32.2. The monoisotopic (exact) mass is 1120 g/mol. The molecule has 24 heteroatoms. The van der Waals surface area contributed by atoms with E-state index in [0.717, 1.165) is 44.9 Å². The molecule has 0 rings (SSSR count). The van der Waals surface area contributed by atoms with E-state index >= 15 is 0 Å². The number of carboxylic acid groups (broad SMARTS) is 3. The second-order valence-electron chi connectivity index (χ2n) is 18.8. The number of carbonyl (C=O) groups excluding carboxylic acids is 7. The highest BCUT2D eigenvalue weighted by Crippen LogP contribution is 2.18. The molecule has 0 spiro atoms. The second-order valence-corrected chi connectivity index (χ2v) is 19.8. The summed E-state index contributed by atoms with van der Waals surface area (Å²) in [6, 6.07) is -1.41. The molecule has 0 aliphatic rings. The second kappa shape index (κ2) is 52.1. The largest absolute Gasteiger partial charge is 0.481 e. The lowest BCUT2D eigenvalue weighted by Crippen LogP contribution is -2.41. The zero-order valence-electron chi connectivity index (χ0n) is 46.3. The van der Waals surface area contributed by atoms with Gasteiger partial charge in [-0.05, 0) is 46.0 Å². The molecule has 0 saturated carbocycles. The number of thioether (sulfide) groups is 1. The summed E-state index contributed by atoms with van der Waals surface area (Å²) < 4.78 is 21.4. The number of carbonyl (C=O) groups is 10. The highest BCUT2D eigenvalue weighted by Gasteiger charge is 2.25. The molecule has 0 radical (unpaired) electrons. The van der Waals surface area contributed by atoms with Crippen LogP contribution >= 0.6 is 11.8 Å². The van der Waals surface area contributed by atoms with E-state index in [1.807, 2.05) is 0 Å². The van der Waals surface area contributed by atoms with Crippen LogP contribution in [-0.2, 0) is 66.9 Å². The molecule has 0 aromatic rings. The maximum Gasteiger partial charge on any atom is 0.326 e. The fourth-order valence-electron chi connectivity index (χ4n) is 6.97. The van der Waals surface area contributed by atoms with E-state index in [9.17, 15) is 53.1 Å². The van der Waals surface area contributed by atoms with Crippen molar-refractivity contribution in [3.63, 3.8) is 0 Å². The maximum atomic E-state index is 12.4. The Hall–Kier alpha value is -4.59. The van der Waals surface area contributed by atoms with E-state index in [4.69, 9.17) is 40.0 Å². The van der Waals surface area contributed by atoms with E-state index in [2.05, 4.69) is 21.3 Å². The summed E-state index contributed by atoms with van der Waals surface area (Å²) in [7, 11) is 0. The Morgan fingerprint density at radius 1 is 0.532 bits per heavy atom. The minimum absolute atomic E-state index is 0.0182. The Morgan fingerprint density at radius 3 is 1.47 bits per heavy atom. The van der Waals surface area contributed by atoms with Gasteiger partial charge in [0.2, 0.25) is 23.6 Å². The van der Waals surface area contributed by atoms with Crippen LogP contribution in [0.1, 0.15) is 162 Å². The first-order chi connectivity index (χ1) is 36.8. The summed E-state index contributed by atoms with van der Waals surface area (Å²) in [4.78, 5) is 116. The smallest absolute Gasteiger partial charge is 0.326 e. The van der Waals surface area contributed by atoms with Crippen molar-refractivity contribution in [1.29, 1.82) is 0 Å². The van der Waals surface area contributed by atoms with Crippen molar-refractivity contribution in [3.8, 4) is 0 Å². The lowest BCUT2D eigenvalue weighted by molar-refractivity contribution is -0.145. The summed E-state index contributed by atoms with van der Waals surface area (Å²) in [6.45, 7) is 5.75. The van der Waals surface area contributed by atoms with Crippen LogP contribution < -0.4 is 27.0 Å². The summed E-state index contributed by atoms with van der Waals surface area (Å²) in [6.07, 6.45) is 16.4. The molecule has 10 N–H and O–H groups in total. The zero-order chi connectivity index (χ0) is 57.9. The molecule has 0 heterocycles. The Labute approximate surface area is 460 Å². The van der Waals surface area contributed by atoms with Gasteiger partial charge in [-0.3, -0.25) is 43.2 Å². The summed E-state index contributed by atoms with van der Waals surface area (Å²) >= 11 is 1.25. The van der Waals surface area contributed by atoms with Crippen LogP contribution in [0.2, 0.25) is 0 Å². The number of unbranched alkanes of at least 4 members (excludes halogenated alkanes) is 13. The van der Waals surface area contributed by atoms with Crippen molar-refractivity contribution in [3.05, 3.63) is 0 Å². The Balaban J connectivity index is 0. The van der Waals surface area contributed by atoms with Crippen molar-refractivity contribution in [2.24, 2.45) is 17.6 Å². The van der Waals surface area contributed by atoms with Crippen molar-refractivity contribution in [1.82, 2.24) is 21.3 Å². The number of ether oxygens (including phenoxy) is 4. The number of aliphatic hydroxyl groups is 1. The fraction of sp³-hybridized carbons (Fsp3) is 0.811. The Bertz CT molecular complexity index is 1660. The van der Waals surface area contributed by atoms with Gasteiger partial charge in [-0.15, -0.1) is 0 Å². The number of carboxylic acids is 3. The molecule has 0 aliphatic carbocycles. The Kier molecular flexibility index (Phi) is 50.4. The van der Waals surface area contributed by atoms with E-state index in [-0.39, 0.29) is 164 Å². The number of amides is 4. The van der Waals surface area contributed by atoms with Crippen LogP contribution in [0.15, 0.2) is 0 Å². The van der Waals surface area contributed by atoms with E-state index in [0.29, 0.717) is 25.0 Å². The number of aliphatic carboxylic acids is 3. The topological polar surface area (TPSA) is 363 Å². The van der Waals surface area contributed by atoms with E-state index in [1.165, 1.54) is 57.2 Å². The van der Waals surface area contributed by atoms with Crippen molar-refractivity contribution < 1.29 is 87.3 Å². The predicted octanol–water partition coefficient (Wildman–Crippen LogP) is 3.76.